The second-order valence-electron chi connectivity index (χ2n) is 16.3. The number of fused-ring (bicyclic) bond motifs is 1. The van der Waals surface area contributed by atoms with E-state index in [9.17, 15) is 32.3 Å². The van der Waals surface area contributed by atoms with Crippen LogP contribution in [0.2, 0.25) is 0 Å². The molecule has 0 aliphatic carbocycles. The molecule has 0 saturated carbocycles. The molecule has 21 heteroatoms. The van der Waals surface area contributed by atoms with Crippen LogP contribution in [0.1, 0.15) is 62.0 Å². The van der Waals surface area contributed by atoms with Crippen molar-refractivity contribution >= 4 is 55.7 Å². The highest BCUT2D eigenvalue weighted by molar-refractivity contribution is 7.92. The Morgan fingerprint density at radius 3 is 2.29 bits per heavy atom. The van der Waals surface area contributed by atoms with Crippen molar-refractivity contribution in [2.75, 3.05) is 69.9 Å². The number of carbonyl (C=O) groups excluding carboxylic acids is 3. The number of hydrogen-bond donors (Lipinski definition) is 4. The predicted molar refractivity (Wildman–Crippen MR) is 258 cm³/mol. The van der Waals surface area contributed by atoms with E-state index in [4.69, 9.17) is 23.7 Å². The minimum Gasteiger partial charge on any atom is -0.491 e. The number of pyridine rings is 1. The van der Waals surface area contributed by atoms with E-state index in [1.165, 1.54) is 23.4 Å². The van der Waals surface area contributed by atoms with Crippen LogP contribution in [-0.2, 0) is 35.6 Å². The van der Waals surface area contributed by atoms with E-state index < -0.39 is 50.8 Å². The molecule has 4 heterocycles. The van der Waals surface area contributed by atoms with Gasteiger partial charge in [0.15, 0.2) is 5.82 Å². The number of nitrogens with one attached hydrogen (secondary N) is 3. The minimum absolute atomic E-state index is 0.0310. The molecule has 1 saturated heterocycles. The Balaban J connectivity index is 0.777. The Morgan fingerprint density at radius 1 is 0.900 bits per heavy atom. The molecule has 1 aliphatic rings. The van der Waals surface area contributed by atoms with Crippen LogP contribution in [0.4, 0.5) is 14.5 Å². The second kappa shape index (κ2) is 24.0. The number of halogens is 2. The van der Waals surface area contributed by atoms with Crippen molar-refractivity contribution in [1.82, 2.24) is 25.2 Å². The molecule has 1 fully saturated rings. The van der Waals surface area contributed by atoms with E-state index in [0.29, 0.717) is 30.1 Å². The number of carbonyl (C=O) groups is 3. The number of ether oxygens (including phenoxy) is 5. The Labute approximate surface area is 407 Å². The monoisotopic (exact) mass is 1000 g/mol. The van der Waals surface area contributed by atoms with Crippen LogP contribution in [0.25, 0.3) is 22.3 Å². The number of amides is 2. The van der Waals surface area contributed by atoms with E-state index >= 15 is 4.39 Å². The molecule has 0 bridgehead atoms. The summed E-state index contributed by atoms with van der Waals surface area (Å²) in [6.07, 6.45) is 2.25. The molecular weight excluding hydrogens is 951 g/mol. The number of aliphatic hydroxyl groups excluding tert-OH is 1. The summed E-state index contributed by atoms with van der Waals surface area (Å²) in [7, 11) is -3.91. The van der Waals surface area contributed by atoms with Crippen LogP contribution in [0, 0.1) is 25.5 Å². The number of rotatable bonds is 25. The van der Waals surface area contributed by atoms with E-state index in [1.54, 1.807) is 43.4 Å². The summed E-state index contributed by atoms with van der Waals surface area (Å²) in [5.41, 5.74) is 4.33. The number of aliphatic hydroxyl groups is 1. The molecule has 2 amide bonds. The van der Waals surface area contributed by atoms with Crippen LogP contribution in [0.5, 0.6) is 11.5 Å². The van der Waals surface area contributed by atoms with Gasteiger partial charge in [0.1, 0.15) is 42.2 Å². The second-order valence-corrected chi connectivity index (χ2v) is 19.2. The van der Waals surface area contributed by atoms with Crippen LogP contribution in [-0.4, -0.2) is 128 Å². The van der Waals surface area contributed by atoms with Crippen LogP contribution in [0.15, 0.2) is 78.6 Å². The highest BCUT2D eigenvalue weighted by Gasteiger charge is 2.39. The molecule has 0 radical (unpaired) electrons. The van der Waals surface area contributed by atoms with Gasteiger partial charge < -0.3 is 44.0 Å². The molecule has 0 unspecified atom stereocenters. The van der Waals surface area contributed by atoms with Crippen molar-refractivity contribution in [2.45, 2.75) is 52.3 Å². The lowest BCUT2D eigenvalue weighted by atomic mass is 10.0. The first-order valence-electron chi connectivity index (χ1n) is 22.6. The van der Waals surface area contributed by atoms with Crippen LogP contribution < -0.4 is 19.5 Å². The van der Waals surface area contributed by atoms with Gasteiger partial charge in [0.25, 0.3) is 5.91 Å². The number of aromatic nitrogens is 3. The van der Waals surface area contributed by atoms with E-state index in [0.717, 1.165) is 33.8 Å². The van der Waals surface area contributed by atoms with Gasteiger partial charge in [0.2, 0.25) is 21.7 Å². The fourth-order valence-electron chi connectivity index (χ4n) is 7.80. The van der Waals surface area contributed by atoms with Gasteiger partial charge in [-0.05, 0) is 56.2 Å². The molecule has 4 N–H and O–H groups in total. The summed E-state index contributed by atoms with van der Waals surface area (Å²) >= 11 is 1.58. The number of benzene rings is 3. The molecular formula is C49H54F2N6O11S2. The number of aryl methyl sites for hydroxylation is 1. The van der Waals surface area contributed by atoms with Crippen molar-refractivity contribution < 1.29 is 60.4 Å². The lowest BCUT2D eigenvalue weighted by Crippen LogP contribution is -2.46. The van der Waals surface area contributed by atoms with E-state index in [1.807, 2.05) is 36.7 Å². The van der Waals surface area contributed by atoms with Gasteiger partial charge in [-0.1, -0.05) is 37.3 Å². The number of aromatic amines is 1. The topological polar surface area (TPSA) is 221 Å². The zero-order chi connectivity index (χ0) is 49.8. The molecule has 3 aromatic heterocycles. The van der Waals surface area contributed by atoms with Gasteiger partial charge in [-0.3, -0.25) is 19.1 Å². The first-order valence-corrected chi connectivity index (χ1v) is 25.1. The molecule has 6 aromatic rings. The summed E-state index contributed by atoms with van der Waals surface area (Å²) in [6.45, 7) is 7.65. The quantitative estimate of drug-likeness (QED) is 0.0363. The Morgan fingerprint density at radius 2 is 1.60 bits per heavy atom. The Hall–Kier alpha value is -6.36. The first kappa shape index (κ1) is 51.5. The molecule has 17 nitrogen and oxygen atoms in total. The maximum absolute atomic E-state index is 15.4. The van der Waals surface area contributed by atoms with Crippen molar-refractivity contribution in [3.63, 3.8) is 0 Å². The summed E-state index contributed by atoms with van der Waals surface area (Å²) in [5, 5.41) is 13.7. The Bertz CT molecular complexity index is 2900. The van der Waals surface area contributed by atoms with Gasteiger partial charge in [0.05, 0.1) is 80.2 Å². The fraction of sp³-hybridized carbons (Fsp3) is 0.367. The first-order chi connectivity index (χ1) is 33.7. The highest BCUT2D eigenvalue weighted by Crippen LogP contribution is 2.30. The number of β-amino-alcohol motifs (C(OH)–C–C–N with tert-alkyl or cyclic N) is 1. The number of anilines is 1. The maximum atomic E-state index is 15.4. The number of hydrogen-bond acceptors (Lipinski definition) is 14. The van der Waals surface area contributed by atoms with Crippen LogP contribution >= 0.6 is 11.3 Å². The maximum Gasteiger partial charge on any atom is 0.255 e. The van der Waals surface area contributed by atoms with Crippen molar-refractivity contribution in [1.29, 1.82) is 0 Å². The molecule has 70 heavy (non-hydrogen) atoms. The van der Waals surface area contributed by atoms with Gasteiger partial charge in [-0.25, -0.2) is 27.2 Å². The average Bonchev–Trinajstić information content (AvgIpc) is 4.09. The van der Waals surface area contributed by atoms with E-state index in [-0.39, 0.29) is 105 Å². The Kier molecular flexibility index (Phi) is 17.6. The molecule has 1 aliphatic heterocycles. The number of nitrogens with zero attached hydrogens (tertiary/aromatic N) is 3. The molecule has 2 atom stereocenters. The fourth-order valence-corrected chi connectivity index (χ4v) is 9.53. The lowest BCUT2D eigenvalue weighted by molar-refractivity contribution is -0.125. The number of H-pyrrole nitrogens is 1. The SMILES string of the molecule is CCCS(=O)(=O)Nc1ccc(F)c(C(=O)c2c[nH]c3ncc(OCCOCCOCCOCCOc4cccc(C(=O)N5C[C@H](O)C[C@H]5C(=O)NCc5ccc(-c6ncsc6C)cc5)c4C)cc23)c1F. The number of likely N-dealkylation sites (tertiary alicyclic amines) is 1. The summed E-state index contributed by atoms with van der Waals surface area (Å²) in [4.78, 5) is 54.5. The standard InChI is InChI=1S/C49H54F2N6O11S2/c1-4-22-70(62,63)56-40-13-12-39(50)43(44(40)51)46(59)38-27-53-47-37(38)24-35(26-52-47)67-20-18-65-16-14-64-15-17-66-19-21-68-42-7-5-6-36(30(42)2)49(61)57-28-34(58)23-41(57)48(60)54-25-32-8-10-33(11-9-32)45-31(3)69-29-55-45/h5-13,24,26-27,29,34,41,56,58H,4,14-23,25,28H2,1-3H3,(H,52,53)(H,54,60)/t34-,41+/m1/s1. The minimum atomic E-state index is -3.91. The van der Waals surface area contributed by atoms with Gasteiger partial charge in [0, 0.05) is 58.2 Å². The largest absolute Gasteiger partial charge is 0.491 e. The molecule has 3 aromatic carbocycles. The predicted octanol–water partition coefficient (Wildman–Crippen LogP) is 6.36. The molecule has 0 spiro atoms. The third-order valence-electron chi connectivity index (χ3n) is 11.3. The normalized spacial score (nSPS) is 14.8. The van der Waals surface area contributed by atoms with Crippen LogP contribution in [0.3, 0.4) is 0 Å². The van der Waals surface area contributed by atoms with Crippen molar-refractivity contribution in [3.05, 3.63) is 123 Å². The number of ketones is 1. The molecule has 7 rings (SSSR count). The number of sulfonamides is 1. The lowest BCUT2D eigenvalue weighted by Gasteiger charge is -2.25. The number of thiazole rings is 1. The van der Waals surface area contributed by atoms with Crippen molar-refractivity contribution in [2.24, 2.45) is 0 Å². The van der Waals surface area contributed by atoms with Gasteiger partial charge in [-0.15, -0.1) is 11.3 Å². The molecule has 372 valence electrons. The van der Waals surface area contributed by atoms with Crippen molar-refractivity contribution in [3.8, 4) is 22.8 Å². The van der Waals surface area contributed by atoms with Gasteiger partial charge >= 0.3 is 0 Å². The van der Waals surface area contributed by atoms with Gasteiger partial charge in [-0.2, -0.15) is 0 Å². The smallest absolute Gasteiger partial charge is 0.255 e. The zero-order valence-corrected chi connectivity index (χ0v) is 40.4. The third kappa shape index (κ3) is 12.9. The van der Waals surface area contributed by atoms with E-state index in [2.05, 4.69) is 25.0 Å². The average molecular weight is 1010 g/mol. The highest BCUT2D eigenvalue weighted by atomic mass is 32.2. The summed E-state index contributed by atoms with van der Waals surface area (Å²) in [6, 6.07) is 15.3. The summed E-state index contributed by atoms with van der Waals surface area (Å²) < 4.78 is 85.2. The zero-order valence-electron chi connectivity index (χ0n) is 38.8. The summed E-state index contributed by atoms with van der Waals surface area (Å²) in [5.74, 6) is -3.73. The third-order valence-corrected chi connectivity index (χ3v) is 13.6.